The maximum Gasteiger partial charge on any atom is 0.247 e. The first-order chi connectivity index (χ1) is 22.2. The standard InChI is InChI=1S/C36H38ClN3O5S/c1-45-32-18-9-27(10-19-32)23-24-38-36(42)35(29-5-3-2-4-6-29)40(25-28-7-14-30(37)15-8-28)34(41)22-13-26-11-20-33(21-12-26)46(43,44)39-31-16-17-31/h2-12,14-15,18-21,31,35,39H,13,16-17,22-25H2,1H3,(H,38,42)/t35-/m0/s1. The van der Waals surface area contributed by atoms with Crippen molar-refractivity contribution < 1.29 is 22.7 Å². The molecule has 1 fully saturated rings. The van der Waals surface area contributed by atoms with E-state index in [2.05, 4.69) is 10.0 Å². The summed E-state index contributed by atoms with van der Waals surface area (Å²) in [5.41, 5.74) is 3.41. The lowest BCUT2D eigenvalue weighted by Crippen LogP contribution is -2.44. The second-order valence-corrected chi connectivity index (χ2v) is 13.5. The van der Waals surface area contributed by atoms with Crippen molar-refractivity contribution >= 4 is 33.4 Å². The van der Waals surface area contributed by atoms with Gasteiger partial charge in [0, 0.05) is 30.6 Å². The van der Waals surface area contributed by atoms with Crippen LogP contribution in [-0.2, 0) is 39.0 Å². The normalized spacial score (nSPS) is 13.5. The number of rotatable bonds is 15. The molecule has 0 spiro atoms. The Morgan fingerprint density at radius 3 is 2.09 bits per heavy atom. The summed E-state index contributed by atoms with van der Waals surface area (Å²) >= 11 is 6.14. The fraction of sp³-hybridized carbons (Fsp3) is 0.278. The van der Waals surface area contributed by atoms with Gasteiger partial charge in [0.1, 0.15) is 11.8 Å². The van der Waals surface area contributed by atoms with Gasteiger partial charge in [-0.15, -0.1) is 0 Å². The van der Waals surface area contributed by atoms with E-state index in [1.54, 1.807) is 48.4 Å². The molecule has 0 bridgehead atoms. The molecule has 0 saturated heterocycles. The number of nitrogens with zero attached hydrogens (tertiary/aromatic N) is 1. The predicted octanol–water partition coefficient (Wildman–Crippen LogP) is 5.85. The molecule has 2 amide bonds. The molecule has 8 nitrogen and oxygen atoms in total. The summed E-state index contributed by atoms with van der Waals surface area (Å²) in [6.45, 7) is 0.591. The topological polar surface area (TPSA) is 105 Å². The zero-order chi connectivity index (χ0) is 32.5. The molecular formula is C36H38ClN3O5S. The van der Waals surface area contributed by atoms with E-state index in [1.807, 2.05) is 66.7 Å². The van der Waals surface area contributed by atoms with Gasteiger partial charge in [0.2, 0.25) is 21.8 Å². The van der Waals surface area contributed by atoms with Crippen LogP contribution in [0.15, 0.2) is 108 Å². The van der Waals surface area contributed by atoms with Crippen molar-refractivity contribution in [3.8, 4) is 5.75 Å². The van der Waals surface area contributed by atoms with Gasteiger partial charge in [-0.05, 0) is 84.3 Å². The van der Waals surface area contributed by atoms with Crippen LogP contribution in [0.4, 0.5) is 0 Å². The number of ether oxygens (including phenoxy) is 1. The van der Waals surface area contributed by atoms with Crippen LogP contribution >= 0.6 is 11.6 Å². The Labute approximate surface area is 275 Å². The van der Waals surface area contributed by atoms with E-state index in [0.29, 0.717) is 30.0 Å². The molecule has 1 atom stereocenters. The number of amides is 2. The molecular weight excluding hydrogens is 622 g/mol. The van der Waals surface area contributed by atoms with Crippen molar-refractivity contribution in [2.24, 2.45) is 0 Å². The zero-order valence-corrected chi connectivity index (χ0v) is 27.3. The van der Waals surface area contributed by atoms with E-state index in [0.717, 1.165) is 35.3 Å². The number of halogens is 1. The molecule has 240 valence electrons. The second-order valence-electron chi connectivity index (χ2n) is 11.4. The first kappa shape index (κ1) is 33.2. The molecule has 0 radical (unpaired) electrons. The van der Waals surface area contributed by atoms with Gasteiger partial charge in [-0.1, -0.05) is 78.3 Å². The van der Waals surface area contributed by atoms with Crippen LogP contribution in [0.25, 0.3) is 0 Å². The molecule has 0 aliphatic heterocycles. The number of hydrogen-bond acceptors (Lipinski definition) is 5. The van der Waals surface area contributed by atoms with E-state index < -0.39 is 16.1 Å². The number of hydrogen-bond donors (Lipinski definition) is 2. The van der Waals surface area contributed by atoms with Crippen molar-refractivity contribution in [1.82, 2.24) is 14.9 Å². The Hall–Kier alpha value is -4.18. The second kappa shape index (κ2) is 15.4. The highest BCUT2D eigenvalue weighted by Gasteiger charge is 2.31. The highest BCUT2D eigenvalue weighted by atomic mass is 35.5. The Balaban J connectivity index is 1.33. The van der Waals surface area contributed by atoms with Crippen LogP contribution in [0.5, 0.6) is 5.75 Å². The summed E-state index contributed by atoms with van der Waals surface area (Å²) in [7, 11) is -1.94. The SMILES string of the molecule is COc1ccc(CCNC(=O)[C@H](c2ccccc2)N(Cc2ccc(Cl)cc2)C(=O)CCc2ccc(S(=O)(=O)NC3CC3)cc2)cc1. The van der Waals surface area contributed by atoms with Crippen LogP contribution < -0.4 is 14.8 Å². The van der Waals surface area contributed by atoms with Gasteiger partial charge < -0.3 is 15.0 Å². The number of methoxy groups -OCH3 is 1. The van der Waals surface area contributed by atoms with E-state index >= 15 is 0 Å². The number of nitrogens with one attached hydrogen (secondary N) is 2. The van der Waals surface area contributed by atoms with Crippen molar-refractivity contribution in [2.75, 3.05) is 13.7 Å². The van der Waals surface area contributed by atoms with E-state index in [1.165, 1.54) is 0 Å². The Kier molecular flexibility index (Phi) is 11.1. The average Bonchev–Trinajstić information content (AvgIpc) is 3.88. The van der Waals surface area contributed by atoms with Crippen LogP contribution in [-0.4, -0.2) is 44.8 Å². The first-order valence-corrected chi connectivity index (χ1v) is 17.2. The molecule has 0 aromatic heterocycles. The van der Waals surface area contributed by atoms with Gasteiger partial charge in [-0.25, -0.2) is 13.1 Å². The summed E-state index contributed by atoms with van der Waals surface area (Å²) in [5, 5.41) is 3.63. The fourth-order valence-electron chi connectivity index (χ4n) is 5.16. The van der Waals surface area contributed by atoms with Gasteiger partial charge in [-0.2, -0.15) is 0 Å². The number of aryl methyl sites for hydroxylation is 1. The van der Waals surface area contributed by atoms with Crippen molar-refractivity contribution in [3.05, 3.63) is 130 Å². The summed E-state index contributed by atoms with van der Waals surface area (Å²) in [6.07, 6.45) is 2.84. The zero-order valence-electron chi connectivity index (χ0n) is 25.7. The van der Waals surface area contributed by atoms with Gasteiger partial charge in [-0.3, -0.25) is 9.59 Å². The monoisotopic (exact) mass is 659 g/mol. The lowest BCUT2D eigenvalue weighted by molar-refractivity contribution is -0.141. The molecule has 46 heavy (non-hydrogen) atoms. The highest BCUT2D eigenvalue weighted by Crippen LogP contribution is 2.26. The van der Waals surface area contributed by atoms with Crippen LogP contribution in [0.1, 0.15) is 47.6 Å². The first-order valence-electron chi connectivity index (χ1n) is 15.3. The molecule has 1 aliphatic carbocycles. The lowest BCUT2D eigenvalue weighted by atomic mass is 10.0. The number of benzene rings is 4. The quantitative estimate of drug-likeness (QED) is 0.167. The molecule has 1 saturated carbocycles. The maximum atomic E-state index is 14.0. The van der Waals surface area contributed by atoms with E-state index in [9.17, 15) is 18.0 Å². The highest BCUT2D eigenvalue weighted by molar-refractivity contribution is 7.89. The Bertz CT molecular complexity index is 1710. The largest absolute Gasteiger partial charge is 0.497 e. The predicted molar refractivity (Wildman–Crippen MR) is 179 cm³/mol. The summed E-state index contributed by atoms with van der Waals surface area (Å²) < 4.78 is 33.1. The molecule has 4 aromatic carbocycles. The van der Waals surface area contributed by atoms with Gasteiger partial charge in [0.25, 0.3) is 0 Å². The molecule has 10 heteroatoms. The molecule has 2 N–H and O–H groups in total. The number of carbonyl (C=O) groups excluding carboxylic acids is 2. The van der Waals surface area contributed by atoms with Gasteiger partial charge in [0.05, 0.1) is 12.0 Å². The summed E-state index contributed by atoms with van der Waals surface area (Å²) in [5.74, 6) is 0.279. The lowest BCUT2D eigenvalue weighted by Gasteiger charge is -2.32. The van der Waals surface area contributed by atoms with Gasteiger partial charge in [0.15, 0.2) is 0 Å². The summed E-state index contributed by atoms with van der Waals surface area (Å²) in [4.78, 5) is 29.7. The third-order valence-corrected chi connectivity index (χ3v) is 9.68. The van der Waals surface area contributed by atoms with E-state index in [-0.39, 0.29) is 35.7 Å². The smallest absolute Gasteiger partial charge is 0.247 e. The third-order valence-electron chi connectivity index (χ3n) is 7.89. The van der Waals surface area contributed by atoms with Crippen molar-refractivity contribution in [1.29, 1.82) is 0 Å². The minimum absolute atomic E-state index is 0.0196. The Morgan fingerprint density at radius 1 is 0.848 bits per heavy atom. The van der Waals surface area contributed by atoms with Crippen LogP contribution in [0, 0.1) is 0 Å². The van der Waals surface area contributed by atoms with Crippen molar-refractivity contribution in [2.45, 2.75) is 55.6 Å². The minimum Gasteiger partial charge on any atom is -0.497 e. The molecule has 0 unspecified atom stereocenters. The fourth-order valence-corrected chi connectivity index (χ4v) is 6.59. The van der Waals surface area contributed by atoms with Gasteiger partial charge >= 0.3 is 0 Å². The number of carbonyl (C=O) groups is 2. The van der Waals surface area contributed by atoms with Crippen LogP contribution in [0.3, 0.4) is 0 Å². The Morgan fingerprint density at radius 2 is 1.46 bits per heavy atom. The van der Waals surface area contributed by atoms with Crippen molar-refractivity contribution in [3.63, 3.8) is 0 Å². The summed E-state index contributed by atoms with van der Waals surface area (Å²) in [6, 6.07) is 29.9. The molecule has 0 heterocycles. The maximum absolute atomic E-state index is 14.0. The number of sulfonamides is 1. The average molecular weight is 660 g/mol. The van der Waals surface area contributed by atoms with E-state index in [4.69, 9.17) is 16.3 Å². The van der Waals surface area contributed by atoms with Crippen LogP contribution in [0.2, 0.25) is 5.02 Å². The molecule has 1 aliphatic rings. The third kappa shape index (κ3) is 9.19. The molecule has 5 rings (SSSR count). The molecule has 4 aromatic rings. The minimum atomic E-state index is -3.56.